The van der Waals surface area contributed by atoms with Crippen LogP contribution in [0.5, 0.6) is 0 Å². The largest absolute Gasteiger partial charge is 0.330 e. The molecule has 0 saturated carbocycles. The lowest BCUT2D eigenvalue weighted by molar-refractivity contribution is 0.353. The highest BCUT2D eigenvalue weighted by Crippen LogP contribution is 2.24. The molecule has 0 aliphatic rings. The fourth-order valence-corrected chi connectivity index (χ4v) is 1.93. The van der Waals surface area contributed by atoms with Gasteiger partial charge in [0.25, 0.3) is 0 Å². The van der Waals surface area contributed by atoms with Gasteiger partial charge in [0, 0.05) is 18.3 Å². The van der Waals surface area contributed by atoms with Crippen molar-refractivity contribution in [3.63, 3.8) is 0 Å². The summed E-state index contributed by atoms with van der Waals surface area (Å²) in [4.78, 5) is 4.18. The fourth-order valence-electron chi connectivity index (χ4n) is 1.93. The van der Waals surface area contributed by atoms with Crippen LogP contribution in [0.3, 0.4) is 0 Å². The monoisotopic (exact) mass is 195 g/mol. The van der Waals surface area contributed by atoms with Gasteiger partial charge in [-0.1, -0.05) is 20.8 Å². The lowest BCUT2D eigenvalue weighted by Crippen LogP contribution is -2.19. The second kappa shape index (κ2) is 4.60. The average molecular weight is 195 g/mol. The predicted molar refractivity (Wildman–Crippen MR) is 59.0 cm³/mol. The van der Waals surface area contributed by atoms with Gasteiger partial charge in [0.15, 0.2) is 0 Å². The number of imidazole rings is 1. The maximum atomic E-state index is 5.89. The highest BCUT2D eigenvalue weighted by molar-refractivity contribution is 5.05. The Morgan fingerprint density at radius 2 is 2.07 bits per heavy atom. The number of aromatic nitrogens is 2. The van der Waals surface area contributed by atoms with Gasteiger partial charge in [-0.2, -0.15) is 0 Å². The van der Waals surface area contributed by atoms with E-state index in [1.165, 1.54) is 0 Å². The van der Waals surface area contributed by atoms with Crippen molar-refractivity contribution in [2.24, 2.45) is 11.7 Å². The van der Waals surface area contributed by atoms with Gasteiger partial charge >= 0.3 is 0 Å². The van der Waals surface area contributed by atoms with E-state index in [4.69, 9.17) is 5.73 Å². The molecule has 0 radical (unpaired) electrons. The van der Waals surface area contributed by atoms with Crippen LogP contribution >= 0.6 is 0 Å². The van der Waals surface area contributed by atoms with Gasteiger partial charge in [-0.3, -0.25) is 0 Å². The number of rotatable bonds is 4. The zero-order chi connectivity index (χ0) is 10.7. The minimum absolute atomic E-state index is 0.0605. The molecule has 3 heteroatoms. The van der Waals surface area contributed by atoms with E-state index in [1.807, 2.05) is 19.4 Å². The summed E-state index contributed by atoms with van der Waals surface area (Å²) in [6, 6.07) is 0.573. The Kier molecular flexibility index (Phi) is 3.69. The highest BCUT2D eigenvalue weighted by atomic mass is 15.1. The van der Waals surface area contributed by atoms with E-state index in [1.54, 1.807) is 0 Å². The van der Waals surface area contributed by atoms with Crippen molar-refractivity contribution < 1.29 is 0 Å². The first-order valence-electron chi connectivity index (χ1n) is 5.35. The summed E-state index contributed by atoms with van der Waals surface area (Å²) in [5.41, 5.74) is 7.02. The SMILES string of the molecule is CCC(C(C)C)n1cncc1[C@H](C)N. The molecule has 1 unspecified atom stereocenters. The molecule has 2 N–H and O–H groups in total. The van der Waals surface area contributed by atoms with Gasteiger partial charge < -0.3 is 10.3 Å². The Balaban J connectivity index is 2.97. The van der Waals surface area contributed by atoms with Crippen LogP contribution in [0.15, 0.2) is 12.5 Å². The summed E-state index contributed by atoms with van der Waals surface area (Å²) in [5, 5.41) is 0. The zero-order valence-corrected chi connectivity index (χ0v) is 9.57. The molecule has 1 aromatic heterocycles. The van der Waals surface area contributed by atoms with Crippen LogP contribution in [0.2, 0.25) is 0 Å². The Morgan fingerprint density at radius 3 is 2.50 bits per heavy atom. The van der Waals surface area contributed by atoms with Gasteiger partial charge in [-0.05, 0) is 19.3 Å². The van der Waals surface area contributed by atoms with E-state index in [-0.39, 0.29) is 6.04 Å². The summed E-state index contributed by atoms with van der Waals surface area (Å²) < 4.78 is 2.22. The van der Waals surface area contributed by atoms with E-state index in [0.717, 1.165) is 12.1 Å². The summed E-state index contributed by atoms with van der Waals surface area (Å²) in [6.07, 6.45) is 4.89. The third-order valence-corrected chi connectivity index (χ3v) is 2.71. The molecule has 0 amide bonds. The topological polar surface area (TPSA) is 43.8 Å². The van der Waals surface area contributed by atoms with E-state index < -0.39 is 0 Å². The summed E-state index contributed by atoms with van der Waals surface area (Å²) in [7, 11) is 0. The standard InChI is InChI=1S/C11H21N3/c1-5-10(8(2)3)14-7-13-6-11(14)9(4)12/h6-10H,5,12H2,1-4H3/t9-,10?/m0/s1. The van der Waals surface area contributed by atoms with Crippen LogP contribution in [0.25, 0.3) is 0 Å². The number of hydrogen-bond acceptors (Lipinski definition) is 2. The lowest BCUT2D eigenvalue weighted by Gasteiger charge is -2.24. The van der Waals surface area contributed by atoms with Crippen molar-refractivity contribution in [3.8, 4) is 0 Å². The minimum atomic E-state index is 0.0605. The van der Waals surface area contributed by atoms with E-state index >= 15 is 0 Å². The van der Waals surface area contributed by atoms with Crippen LogP contribution in [0, 0.1) is 5.92 Å². The summed E-state index contributed by atoms with van der Waals surface area (Å²) >= 11 is 0. The molecule has 1 rings (SSSR count). The summed E-state index contributed by atoms with van der Waals surface area (Å²) in [5.74, 6) is 0.617. The molecule has 1 aromatic rings. The number of nitrogens with two attached hydrogens (primary N) is 1. The van der Waals surface area contributed by atoms with Gasteiger partial charge in [-0.15, -0.1) is 0 Å². The fraction of sp³-hybridized carbons (Fsp3) is 0.727. The molecule has 0 aliphatic heterocycles. The second-order valence-electron chi connectivity index (χ2n) is 4.23. The average Bonchev–Trinajstić information content (AvgIpc) is 2.53. The molecule has 1 heterocycles. The highest BCUT2D eigenvalue weighted by Gasteiger charge is 2.17. The van der Waals surface area contributed by atoms with Gasteiger partial charge in [0.1, 0.15) is 0 Å². The molecule has 0 saturated heterocycles. The zero-order valence-electron chi connectivity index (χ0n) is 9.57. The molecule has 2 atom stereocenters. The maximum absolute atomic E-state index is 5.89. The molecular formula is C11H21N3. The molecule has 14 heavy (non-hydrogen) atoms. The molecule has 0 aromatic carbocycles. The van der Waals surface area contributed by atoms with Crippen molar-refractivity contribution in [3.05, 3.63) is 18.2 Å². The van der Waals surface area contributed by atoms with Crippen LogP contribution < -0.4 is 5.73 Å². The van der Waals surface area contributed by atoms with Crippen molar-refractivity contribution in [1.82, 2.24) is 9.55 Å². The first kappa shape index (κ1) is 11.2. The smallest absolute Gasteiger partial charge is 0.0951 e. The lowest BCUT2D eigenvalue weighted by atomic mass is 10.0. The van der Waals surface area contributed by atoms with Crippen molar-refractivity contribution in [2.45, 2.75) is 46.2 Å². The molecule has 0 spiro atoms. The Labute approximate surface area is 86.3 Å². The van der Waals surface area contributed by atoms with E-state index in [0.29, 0.717) is 12.0 Å². The van der Waals surface area contributed by atoms with Crippen LogP contribution in [-0.4, -0.2) is 9.55 Å². The van der Waals surface area contributed by atoms with Crippen molar-refractivity contribution >= 4 is 0 Å². The Bertz CT molecular complexity index is 276. The third-order valence-electron chi connectivity index (χ3n) is 2.71. The van der Waals surface area contributed by atoms with Gasteiger partial charge in [0.05, 0.1) is 12.0 Å². The van der Waals surface area contributed by atoms with Gasteiger partial charge in [0.2, 0.25) is 0 Å². The Hall–Kier alpha value is -0.830. The molecule has 0 bridgehead atoms. The van der Waals surface area contributed by atoms with Crippen LogP contribution in [0.4, 0.5) is 0 Å². The number of hydrogen-bond donors (Lipinski definition) is 1. The van der Waals surface area contributed by atoms with Crippen LogP contribution in [-0.2, 0) is 0 Å². The second-order valence-corrected chi connectivity index (χ2v) is 4.23. The minimum Gasteiger partial charge on any atom is -0.330 e. The first-order chi connectivity index (χ1) is 6.57. The van der Waals surface area contributed by atoms with Crippen molar-refractivity contribution in [2.75, 3.05) is 0 Å². The number of nitrogens with zero attached hydrogens (tertiary/aromatic N) is 2. The van der Waals surface area contributed by atoms with E-state index in [2.05, 4.69) is 30.3 Å². The quantitative estimate of drug-likeness (QED) is 0.802. The molecule has 3 nitrogen and oxygen atoms in total. The molecule has 0 fully saturated rings. The molecule has 80 valence electrons. The van der Waals surface area contributed by atoms with Gasteiger partial charge in [-0.25, -0.2) is 4.98 Å². The normalized spacial score (nSPS) is 15.9. The van der Waals surface area contributed by atoms with Crippen molar-refractivity contribution in [1.29, 1.82) is 0 Å². The summed E-state index contributed by atoms with van der Waals surface area (Å²) in [6.45, 7) is 8.68. The van der Waals surface area contributed by atoms with E-state index in [9.17, 15) is 0 Å². The Morgan fingerprint density at radius 1 is 1.43 bits per heavy atom. The maximum Gasteiger partial charge on any atom is 0.0951 e. The first-order valence-corrected chi connectivity index (χ1v) is 5.35. The molecule has 0 aliphatic carbocycles. The predicted octanol–water partition coefficient (Wildman–Crippen LogP) is 2.51. The third kappa shape index (κ3) is 2.15. The molecular weight excluding hydrogens is 174 g/mol. The van der Waals surface area contributed by atoms with Crippen LogP contribution in [0.1, 0.15) is 51.9 Å².